The second-order valence-electron chi connectivity index (χ2n) is 4.67. The summed E-state index contributed by atoms with van der Waals surface area (Å²) in [6, 6.07) is 12.0. The molecule has 1 atom stereocenters. The summed E-state index contributed by atoms with van der Waals surface area (Å²) < 4.78 is 13.4. The average Bonchev–Trinajstić information content (AvgIpc) is 2.51. The van der Waals surface area contributed by atoms with Crippen molar-refractivity contribution in [3.8, 4) is 11.5 Å². The smallest absolute Gasteiger partial charge is 0.161 e. The number of rotatable bonds is 3. The number of fused-ring (bicyclic) bond motifs is 1. The fraction of sp³-hybridized carbons (Fsp3) is 0.200. The van der Waals surface area contributed by atoms with Crippen LogP contribution in [0.15, 0.2) is 40.9 Å². The second-order valence-corrected chi connectivity index (χ2v) is 6.75. The van der Waals surface area contributed by atoms with Crippen LogP contribution in [0.4, 0.5) is 0 Å². The first-order valence-corrected chi connectivity index (χ1v) is 8.37. The van der Waals surface area contributed by atoms with Gasteiger partial charge < -0.3 is 9.47 Å². The lowest BCUT2D eigenvalue weighted by Gasteiger charge is -2.23. The molecule has 2 aromatic rings. The Morgan fingerprint density at radius 2 is 1.86 bits per heavy atom. The Bertz CT molecular complexity index is 666. The fourth-order valence-electron chi connectivity index (χ4n) is 2.34. The third-order valence-electron chi connectivity index (χ3n) is 3.34. The Morgan fingerprint density at radius 3 is 2.62 bits per heavy atom. The molecule has 1 heterocycles. The van der Waals surface area contributed by atoms with Gasteiger partial charge in [-0.25, -0.2) is 5.43 Å². The van der Waals surface area contributed by atoms with Crippen LogP contribution in [0.5, 0.6) is 11.5 Å². The molecule has 6 heteroatoms. The number of halogens is 2. The number of hydrazine groups is 1. The normalized spacial score (nSPS) is 14.8. The van der Waals surface area contributed by atoms with E-state index >= 15 is 0 Å². The molecular weight excluding hydrogens is 447 g/mol. The van der Waals surface area contributed by atoms with Crippen molar-refractivity contribution in [3.63, 3.8) is 0 Å². The number of nitrogens with one attached hydrogen (secondary N) is 1. The quantitative estimate of drug-likeness (QED) is 0.419. The zero-order valence-electron chi connectivity index (χ0n) is 11.1. The predicted octanol–water partition coefficient (Wildman–Crippen LogP) is 3.38. The van der Waals surface area contributed by atoms with Crippen molar-refractivity contribution < 1.29 is 9.47 Å². The minimum Gasteiger partial charge on any atom is -0.486 e. The van der Waals surface area contributed by atoms with Gasteiger partial charge in [0.2, 0.25) is 0 Å². The highest BCUT2D eigenvalue weighted by atomic mass is 127. The van der Waals surface area contributed by atoms with Gasteiger partial charge in [0.15, 0.2) is 11.5 Å². The molecule has 3 rings (SSSR count). The lowest BCUT2D eigenvalue weighted by atomic mass is 9.99. The average molecular weight is 461 g/mol. The van der Waals surface area contributed by atoms with Crippen molar-refractivity contribution >= 4 is 38.5 Å². The van der Waals surface area contributed by atoms with Gasteiger partial charge in [-0.1, -0.05) is 22.0 Å². The molecule has 0 aliphatic carbocycles. The summed E-state index contributed by atoms with van der Waals surface area (Å²) in [5.41, 5.74) is 5.04. The van der Waals surface area contributed by atoms with Crippen molar-refractivity contribution in [2.45, 2.75) is 6.04 Å². The first-order chi connectivity index (χ1) is 10.2. The van der Waals surface area contributed by atoms with Crippen molar-refractivity contribution in [2.75, 3.05) is 13.2 Å². The SMILES string of the molecule is NNC(c1ccc2c(c1)OCCO2)c1cc(Br)ccc1I. The number of benzene rings is 2. The van der Waals surface area contributed by atoms with Gasteiger partial charge in [-0.3, -0.25) is 5.84 Å². The fourth-order valence-corrected chi connectivity index (χ4v) is 3.37. The van der Waals surface area contributed by atoms with Gasteiger partial charge in [0.25, 0.3) is 0 Å². The zero-order chi connectivity index (χ0) is 14.8. The standard InChI is InChI=1S/C15H14BrIN2O2/c16-10-2-3-12(17)11(8-10)15(19-18)9-1-4-13-14(7-9)21-6-5-20-13/h1-4,7-8,15,19H,5-6,18H2. The van der Waals surface area contributed by atoms with E-state index in [1.165, 1.54) is 0 Å². The lowest BCUT2D eigenvalue weighted by Crippen LogP contribution is -2.29. The lowest BCUT2D eigenvalue weighted by molar-refractivity contribution is 0.171. The summed E-state index contributed by atoms with van der Waals surface area (Å²) in [5, 5.41) is 0. The molecule has 110 valence electrons. The third-order valence-corrected chi connectivity index (χ3v) is 4.81. The van der Waals surface area contributed by atoms with E-state index in [-0.39, 0.29) is 6.04 Å². The number of ether oxygens (including phenoxy) is 2. The number of hydrogen-bond donors (Lipinski definition) is 2. The van der Waals surface area contributed by atoms with Crippen molar-refractivity contribution in [1.82, 2.24) is 5.43 Å². The summed E-state index contributed by atoms with van der Waals surface area (Å²) >= 11 is 5.82. The van der Waals surface area contributed by atoms with E-state index in [2.05, 4.69) is 56.1 Å². The molecule has 0 fully saturated rings. The Morgan fingerprint density at radius 1 is 1.10 bits per heavy atom. The van der Waals surface area contributed by atoms with Crippen LogP contribution < -0.4 is 20.7 Å². The van der Waals surface area contributed by atoms with E-state index in [1.54, 1.807) is 0 Å². The first kappa shape index (κ1) is 15.1. The monoisotopic (exact) mass is 460 g/mol. The highest BCUT2D eigenvalue weighted by Crippen LogP contribution is 2.35. The molecule has 0 radical (unpaired) electrons. The minimum absolute atomic E-state index is 0.106. The number of nitrogens with two attached hydrogens (primary N) is 1. The van der Waals surface area contributed by atoms with Gasteiger partial charge in [0.05, 0.1) is 6.04 Å². The Hall–Kier alpha value is -0.830. The largest absolute Gasteiger partial charge is 0.486 e. The van der Waals surface area contributed by atoms with Gasteiger partial charge in [-0.2, -0.15) is 0 Å². The van der Waals surface area contributed by atoms with Crippen LogP contribution in [0.1, 0.15) is 17.2 Å². The molecule has 0 bridgehead atoms. The Kier molecular flexibility index (Phi) is 4.68. The maximum absolute atomic E-state index is 5.79. The van der Waals surface area contributed by atoms with Crippen LogP contribution >= 0.6 is 38.5 Å². The van der Waals surface area contributed by atoms with Crippen molar-refractivity contribution in [3.05, 3.63) is 55.6 Å². The molecule has 1 unspecified atom stereocenters. The van der Waals surface area contributed by atoms with E-state index in [0.29, 0.717) is 13.2 Å². The van der Waals surface area contributed by atoms with Crippen molar-refractivity contribution in [2.24, 2.45) is 5.84 Å². The van der Waals surface area contributed by atoms with E-state index in [4.69, 9.17) is 15.3 Å². The molecular formula is C15H14BrIN2O2. The Balaban J connectivity index is 2.01. The molecule has 0 amide bonds. The van der Waals surface area contributed by atoms with E-state index < -0.39 is 0 Å². The molecule has 0 aromatic heterocycles. The minimum atomic E-state index is -0.106. The highest BCUT2D eigenvalue weighted by Gasteiger charge is 2.19. The van der Waals surface area contributed by atoms with Gasteiger partial charge in [-0.15, -0.1) is 0 Å². The molecule has 3 N–H and O–H groups in total. The molecule has 21 heavy (non-hydrogen) atoms. The van der Waals surface area contributed by atoms with Gasteiger partial charge >= 0.3 is 0 Å². The summed E-state index contributed by atoms with van der Waals surface area (Å²) in [5.74, 6) is 7.34. The Labute approximate surface area is 145 Å². The molecule has 2 aromatic carbocycles. The molecule has 1 aliphatic heterocycles. The second kappa shape index (κ2) is 6.51. The summed E-state index contributed by atoms with van der Waals surface area (Å²) in [4.78, 5) is 0. The molecule has 0 spiro atoms. The van der Waals surface area contributed by atoms with Gasteiger partial charge in [0, 0.05) is 8.04 Å². The summed E-state index contributed by atoms with van der Waals surface area (Å²) in [7, 11) is 0. The van der Waals surface area contributed by atoms with E-state index in [9.17, 15) is 0 Å². The summed E-state index contributed by atoms with van der Waals surface area (Å²) in [6.45, 7) is 1.17. The van der Waals surface area contributed by atoms with Crippen LogP contribution in [-0.4, -0.2) is 13.2 Å². The number of hydrogen-bond acceptors (Lipinski definition) is 4. The van der Waals surface area contributed by atoms with Crippen LogP contribution in [0.2, 0.25) is 0 Å². The zero-order valence-corrected chi connectivity index (χ0v) is 14.8. The topological polar surface area (TPSA) is 56.5 Å². The first-order valence-electron chi connectivity index (χ1n) is 6.49. The maximum Gasteiger partial charge on any atom is 0.161 e. The molecule has 1 aliphatic rings. The summed E-state index contributed by atoms with van der Waals surface area (Å²) in [6.07, 6.45) is 0. The molecule has 0 saturated heterocycles. The van der Waals surface area contributed by atoms with Crippen LogP contribution in [0.3, 0.4) is 0 Å². The highest BCUT2D eigenvalue weighted by molar-refractivity contribution is 14.1. The third kappa shape index (κ3) is 3.18. The van der Waals surface area contributed by atoms with Crippen LogP contribution in [0.25, 0.3) is 0 Å². The van der Waals surface area contributed by atoms with Gasteiger partial charge in [0.1, 0.15) is 13.2 Å². The molecule has 0 saturated carbocycles. The maximum atomic E-state index is 5.79. The van der Waals surface area contributed by atoms with E-state index in [1.807, 2.05) is 24.3 Å². The van der Waals surface area contributed by atoms with Crippen LogP contribution in [0, 0.1) is 3.57 Å². The van der Waals surface area contributed by atoms with Crippen LogP contribution in [-0.2, 0) is 0 Å². The van der Waals surface area contributed by atoms with E-state index in [0.717, 1.165) is 30.7 Å². The molecule has 4 nitrogen and oxygen atoms in total. The van der Waals surface area contributed by atoms with Crippen molar-refractivity contribution in [1.29, 1.82) is 0 Å². The van der Waals surface area contributed by atoms with Gasteiger partial charge in [-0.05, 0) is 64.0 Å². The predicted molar refractivity (Wildman–Crippen MR) is 93.5 cm³/mol.